The van der Waals surface area contributed by atoms with Crippen LogP contribution in [0.15, 0.2) is 24.3 Å². The smallest absolute Gasteiger partial charge is 0.328 e. The highest BCUT2D eigenvalue weighted by Crippen LogP contribution is 2.32. The van der Waals surface area contributed by atoms with Crippen LogP contribution in [0, 0.1) is 5.92 Å². The number of amides is 2. The molecule has 0 spiro atoms. The van der Waals surface area contributed by atoms with Crippen LogP contribution >= 0.6 is 11.8 Å². The lowest BCUT2D eigenvalue weighted by Crippen LogP contribution is -2.61. The molecule has 2 amide bonds. The fourth-order valence-corrected chi connectivity index (χ4v) is 5.41. The molecule has 1 aliphatic carbocycles. The van der Waals surface area contributed by atoms with Gasteiger partial charge in [0.2, 0.25) is 11.8 Å². The topological polar surface area (TPSA) is 122 Å². The zero-order chi connectivity index (χ0) is 27.4. The first-order chi connectivity index (χ1) is 17.6. The maximum atomic E-state index is 13.7. The minimum atomic E-state index is -1.14. The summed E-state index contributed by atoms with van der Waals surface area (Å²) in [6.45, 7) is 7.95. The number of carbonyl (C=O) groups excluding carboxylic acids is 4. The van der Waals surface area contributed by atoms with Crippen molar-refractivity contribution in [2.24, 2.45) is 5.92 Å². The van der Waals surface area contributed by atoms with Crippen LogP contribution in [-0.4, -0.2) is 51.4 Å². The molecule has 1 fully saturated rings. The standard InChI is InChI=1S/C28H42N2O6S/c1-5-7-17-36-26(34)22(18-20-11-13-21(31)14-12-20)29-27(35)28(15-8-9-16-28)30-25(33)24(19(3)4)37-23(32)10-6-2/h11-14,19,22,24,31H,5-10,15-18H2,1-4H3,(H,29,35)(H,30,33)/t22-,24+/m0/s1. The van der Waals surface area contributed by atoms with Crippen LogP contribution < -0.4 is 10.6 Å². The predicted molar refractivity (Wildman–Crippen MR) is 145 cm³/mol. The zero-order valence-corrected chi connectivity index (χ0v) is 23.3. The number of rotatable bonds is 14. The van der Waals surface area contributed by atoms with E-state index in [9.17, 15) is 24.3 Å². The van der Waals surface area contributed by atoms with Crippen molar-refractivity contribution in [2.75, 3.05) is 6.61 Å². The molecule has 2 atom stereocenters. The maximum absolute atomic E-state index is 13.7. The Morgan fingerprint density at radius 3 is 2.27 bits per heavy atom. The van der Waals surface area contributed by atoms with Crippen molar-refractivity contribution < 1.29 is 29.0 Å². The molecule has 2 rings (SSSR count). The second-order valence-electron chi connectivity index (χ2n) is 10.1. The average Bonchev–Trinajstić information content (AvgIpc) is 3.33. The van der Waals surface area contributed by atoms with Gasteiger partial charge in [-0.3, -0.25) is 14.4 Å². The highest BCUT2D eigenvalue weighted by Gasteiger charge is 2.45. The molecule has 0 radical (unpaired) electrons. The van der Waals surface area contributed by atoms with E-state index in [4.69, 9.17) is 4.74 Å². The lowest BCUT2D eigenvalue weighted by atomic mass is 9.94. The Balaban J connectivity index is 2.21. The summed E-state index contributed by atoms with van der Waals surface area (Å²) in [6, 6.07) is 5.50. The van der Waals surface area contributed by atoms with Crippen molar-refractivity contribution in [3.05, 3.63) is 29.8 Å². The molecule has 8 nitrogen and oxygen atoms in total. The van der Waals surface area contributed by atoms with E-state index < -0.39 is 28.7 Å². The number of unbranched alkanes of at least 4 members (excludes halogenated alkanes) is 1. The summed E-state index contributed by atoms with van der Waals surface area (Å²) in [6.07, 6.45) is 5.34. The van der Waals surface area contributed by atoms with Crippen LogP contribution in [0.5, 0.6) is 5.75 Å². The third kappa shape index (κ3) is 9.36. The average molecular weight is 535 g/mol. The lowest BCUT2D eigenvalue weighted by molar-refractivity contribution is -0.149. The Morgan fingerprint density at radius 1 is 1.05 bits per heavy atom. The van der Waals surface area contributed by atoms with Crippen molar-refractivity contribution in [3.63, 3.8) is 0 Å². The van der Waals surface area contributed by atoms with E-state index in [1.165, 1.54) is 12.1 Å². The van der Waals surface area contributed by atoms with Crippen molar-refractivity contribution >= 4 is 34.7 Å². The second kappa shape index (κ2) is 15.0. The highest BCUT2D eigenvalue weighted by atomic mass is 32.2. The molecular weight excluding hydrogens is 492 g/mol. The molecule has 0 saturated heterocycles. The van der Waals surface area contributed by atoms with Gasteiger partial charge in [-0.15, -0.1) is 0 Å². The normalized spacial score (nSPS) is 16.1. The van der Waals surface area contributed by atoms with Gasteiger partial charge in [0, 0.05) is 12.8 Å². The quantitative estimate of drug-likeness (QED) is 0.241. The number of hydrogen-bond acceptors (Lipinski definition) is 7. The number of benzene rings is 1. The highest BCUT2D eigenvalue weighted by molar-refractivity contribution is 8.14. The number of phenols is 1. The molecule has 1 aliphatic rings. The molecule has 0 aliphatic heterocycles. The third-order valence-electron chi connectivity index (χ3n) is 6.54. The first-order valence-electron chi connectivity index (χ1n) is 13.4. The van der Waals surface area contributed by atoms with Gasteiger partial charge in [-0.1, -0.05) is 70.9 Å². The number of esters is 1. The number of thioether (sulfide) groups is 1. The van der Waals surface area contributed by atoms with E-state index in [0.29, 0.717) is 25.7 Å². The van der Waals surface area contributed by atoms with E-state index in [-0.39, 0.29) is 35.7 Å². The number of ether oxygens (including phenoxy) is 1. The summed E-state index contributed by atoms with van der Waals surface area (Å²) in [5.74, 6) is -1.26. The van der Waals surface area contributed by atoms with Gasteiger partial charge in [0.05, 0.1) is 11.9 Å². The predicted octanol–water partition coefficient (Wildman–Crippen LogP) is 4.28. The summed E-state index contributed by atoms with van der Waals surface area (Å²) in [5, 5.41) is 14.8. The largest absolute Gasteiger partial charge is 0.508 e. The molecule has 1 aromatic rings. The lowest BCUT2D eigenvalue weighted by Gasteiger charge is -2.33. The minimum Gasteiger partial charge on any atom is -0.508 e. The Morgan fingerprint density at radius 2 is 1.70 bits per heavy atom. The third-order valence-corrected chi connectivity index (χ3v) is 8.02. The van der Waals surface area contributed by atoms with Gasteiger partial charge in [0.15, 0.2) is 5.12 Å². The zero-order valence-electron chi connectivity index (χ0n) is 22.5. The van der Waals surface area contributed by atoms with Crippen LogP contribution in [0.2, 0.25) is 0 Å². The minimum absolute atomic E-state index is 0.0370. The number of hydrogen-bond donors (Lipinski definition) is 3. The summed E-state index contributed by atoms with van der Waals surface area (Å²) in [7, 11) is 0. The summed E-state index contributed by atoms with van der Waals surface area (Å²) < 4.78 is 5.42. The molecule has 1 saturated carbocycles. The number of aromatic hydroxyl groups is 1. The molecule has 0 heterocycles. The summed E-state index contributed by atoms with van der Waals surface area (Å²) in [5.41, 5.74) is -0.388. The first kappa shape index (κ1) is 30.7. The van der Waals surface area contributed by atoms with Crippen LogP contribution in [0.4, 0.5) is 0 Å². The summed E-state index contributed by atoms with van der Waals surface area (Å²) in [4.78, 5) is 52.2. The number of carbonyl (C=O) groups is 4. The van der Waals surface area contributed by atoms with Gasteiger partial charge in [-0.05, 0) is 49.3 Å². The summed E-state index contributed by atoms with van der Waals surface area (Å²) >= 11 is 1.03. The van der Waals surface area contributed by atoms with Crippen molar-refractivity contribution in [2.45, 2.75) is 102 Å². The van der Waals surface area contributed by atoms with Crippen molar-refractivity contribution in [1.82, 2.24) is 10.6 Å². The van der Waals surface area contributed by atoms with Crippen LogP contribution in [0.1, 0.15) is 84.6 Å². The Kier molecular flexibility index (Phi) is 12.4. The van der Waals surface area contributed by atoms with Gasteiger partial charge >= 0.3 is 5.97 Å². The molecule has 206 valence electrons. The van der Waals surface area contributed by atoms with Crippen LogP contribution in [0.25, 0.3) is 0 Å². The fourth-order valence-electron chi connectivity index (χ4n) is 4.37. The molecule has 3 N–H and O–H groups in total. The molecule has 9 heteroatoms. The van der Waals surface area contributed by atoms with E-state index in [0.717, 1.165) is 43.0 Å². The SMILES string of the molecule is CCCCOC(=O)[C@H](Cc1ccc(O)cc1)NC(=O)C1(NC(=O)[C@H](SC(=O)CCC)C(C)C)CCCC1. The van der Waals surface area contributed by atoms with Gasteiger partial charge in [-0.2, -0.15) is 0 Å². The van der Waals surface area contributed by atoms with E-state index in [2.05, 4.69) is 10.6 Å². The Bertz CT molecular complexity index is 912. The second-order valence-corrected chi connectivity index (χ2v) is 11.3. The molecule has 37 heavy (non-hydrogen) atoms. The Hall–Kier alpha value is -2.55. The van der Waals surface area contributed by atoms with Crippen molar-refractivity contribution in [1.29, 1.82) is 0 Å². The number of nitrogens with one attached hydrogen (secondary N) is 2. The van der Waals surface area contributed by atoms with Crippen molar-refractivity contribution in [3.8, 4) is 5.75 Å². The van der Waals surface area contributed by atoms with Crippen LogP contribution in [-0.2, 0) is 30.3 Å². The van der Waals surface area contributed by atoms with Crippen LogP contribution in [0.3, 0.4) is 0 Å². The monoisotopic (exact) mass is 534 g/mol. The Labute approximate surface area is 224 Å². The molecular formula is C28H42N2O6S. The molecule has 1 aromatic carbocycles. The van der Waals surface area contributed by atoms with Gasteiger partial charge < -0.3 is 20.5 Å². The van der Waals surface area contributed by atoms with Gasteiger partial charge in [0.25, 0.3) is 0 Å². The first-order valence-corrected chi connectivity index (χ1v) is 14.3. The van der Waals surface area contributed by atoms with Gasteiger partial charge in [-0.25, -0.2) is 4.79 Å². The van der Waals surface area contributed by atoms with E-state index in [1.807, 2.05) is 27.7 Å². The molecule has 0 aromatic heterocycles. The van der Waals surface area contributed by atoms with E-state index in [1.54, 1.807) is 12.1 Å². The number of phenolic OH excluding ortho intramolecular Hbond substituents is 1. The fraction of sp³-hybridized carbons (Fsp3) is 0.643. The molecule has 0 unspecified atom stereocenters. The van der Waals surface area contributed by atoms with Gasteiger partial charge in [0.1, 0.15) is 17.3 Å². The maximum Gasteiger partial charge on any atom is 0.328 e. The molecule has 0 bridgehead atoms. The van der Waals surface area contributed by atoms with E-state index >= 15 is 0 Å².